The fourth-order valence-corrected chi connectivity index (χ4v) is 2.14. The molecule has 0 saturated heterocycles. The van der Waals surface area contributed by atoms with Crippen LogP contribution in [0.5, 0.6) is 0 Å². The predicted octanol–water partition coefficient (Wildman–Crippen LogP) is 0.457. The number of thiophene rings is 1. The zero-order valence-electron chi connectivity index (χ0n) is 8.69. The van der Waals surface area contributed by atoms with Crippen LogP contribution in [0.15, 0.2) is 16.2 Å². The van der Waals surface area contributed by atoms with E-state index in [2.05, 4.69) is 15.3 Å². The predicted molar refractivity (Wildman–Crippen MR) is 63.7 cm³/mol. The highest BCUT2D eigenvalue weighted by atomic mass is 32.1. The maximum Gasteiger partial charge on any atom is 0.268 e. The highest BCUT2D eigenvalue weighted by Crippen LogP contribution is 2.13. The van der Waals surface area contributed by atoms with Gasteiger partial charge < -0.3 is 15.4 Å². The van der Waals surface area contributed by atoms with Crippen LogP contribution in [0, 0.1) is 0 Å². The standard InChI is InChI=1S/C10H13N3O2S/c14-4-1-3-11-6-8-12-7-2-5-16-9(7)10(15)13-8/h2,5,11,14H,1,3-4,6H2,(H,12,13,15). The van der Waals surface area contributed by atoms with E-state index in [0.717, 1.165) is 5.52 Å². The molecule has 0 amide bonds. The Bertz CT molecular complexity index is 520. The van der Waals surface area contributed by atoms with E-state index in [1.165, 1.54) is 11.3 Å². The quantitative estimate of drug-likeness (QED) is 0.662. The summed E-state index contributed by atoms with van der Waals surface area (Å²) in [6.45, 7) is 1.39. The minimum absolute atomic E-state index is 0.0843. The van der Waals surface area contributed by atoms with Crippen molar-refractivity contribution in [2.24, 2.45) is 0 Å². The van der Waals surface area contributed by atoms with E-state index < -0.39 is 0 Å². The molecule has 5 nitrogen and oxygen atoms in total. The summed E-state index contributed by atoms with van der Waals surface area (Å²) in [5, 5.41) is 13.6. The van der Waals surface area contributed by atoms with Crippen LogP contribution in [0.1, 0.15) is 12.2 Å². The molecular weight excluding hydrogens is 226 g/mol. The zero-order valence-corrected chi connectivity index (χ0v) is 9.51. The molecule has 0 saturated carbocycles. The first-order valence-corrected chi connectivity index (χ1v) is 5.97. The van der Waals surface area contributed by atoms with Crippen molar-refractivity contribution in [3.8, 4) is 0 Å². The lowest BCUT2D eigenvalue weighted by atomic mass is 10.4. The maximum atomic E-state index is 11.6. The first-order valence-electron chi connectivity index (χ1n) is 5.09. The molecule has 0 aromatic carbocycles. The Kier molecular flexibility index (Phi) is 3.66. The Morgan fingerprint density at radius 3 is 3.25 bits per heavy atom. The normalized spacial score (nSPS) is 11.1. The van der Waals surface area contributed by atoms with Crippen molar-refractivity contribution in [2.75, 3.05) is 13.2 Å². The molecule has 2 aromatic rings. The van der Waals surface area contributed by atoms with Gasteiger partial charge in [0.1, 0.15) is 10.5 Å². The number of aromatic amines is 1. The molecule has 0 aliphatic carbocycles. The molecule has 3 N–H and O–H groups in total. The molecule has 6 heteroatoms. The number of aromatic nitrogens is 2. The second-order valence-electron chi connectivity index (χ2n) is 3.40. The summed E-state index contributed by atoms with van der Waals surface area (Å²) in [5.74, 6) is 0.633. The SMILES string of the molecule is O=c1[nH]c(CNCCCO)nc2ccsc12. The van der Waals surface area contributed by atoms with E-state index in [1.54, 1.807) is 0 Å². The molecule has 0 radical (unpaired) electrons. The maximum absolute atomic E-state index is 11.6. The van der Waals surface area contributed by atoms with Crippen molar-refractivity contribution in [1.82, 2.24) is 15.3 Å². The smallest absolute Gasteiger partial charge is 0.268 e. The van der Waals surface area contributed by atoms with Crippen LogP contribution < -0.4 is 10.9 Å². The minimum atomic E-state index is -0.0843. The first kappa shape index (κ1) is 11.3. The molecule has 0 spiro atoms. The second kappa shape index (κ2) is 5.20. The number of fused-ring (bicyclic) bond motifs is 1. The van der Waals surface area contributed by atoms with Gasteiger partial charge in [0, 0.05) is 6.61 Å². The van der Waals surface area contributed by atoms with Crippen LogP contribution in [0.2, 0.25) is 0 Å². The van der Waals surface area contributed by atoms with E-state index in [9.17, 15) is 4.79 Å². The topological polar surface area (TPSA) is 78.0 Å². The fraction of sp³-hybridized carbons (Fsp3) is 0.400. The Morgan fingerprint density at radius 2 is 2.44 bits per heavy atom. The molecule has 2 aromatic heterocycles. The Hall–Kier alpha value is -1.24. The van der Waals surface area contributed by atoms with E-state index in [0.29, 0.717) is 30.0 Å². The zero-order chi connectivity index (χ0) is 11.4. The lowest BCUT2D eigenvalue weighted by Crippen LogP contribution is -2.20. The van der Waals surface area contributed by atoms with E-state index >= 15 is 0 Å². The molecule has 86 valence electrons. The van der Waals surface area contributed by atoms with Gasteiger partial charge in [0.15, 0.2) is 0 Å². The number of hydrogen-bond acceptors (Lipinski definition) is 5. The van der Waals surface area contributed by atoms with Gasteiger partial charge in [-0.3, -0.25) is 4.79 Å². The highest BCUT2D eigenvalue weighted by Gasteiger charge is 2.03. The number of aliphatic hydroxyl groups is 1. The van der Waals surface area contributed by atoms with Gasteiger partial charge >= 0.3 is 0 Å². The number of nitrogens with one attached hydrogen (secondary N) is 2. The van der Waals surface area contributed by atoms with Crippen LogP contribution >= 0.6 is 11.3 Å². The van der Waals surface area contributed by atoms with Gasteiger partial charge in [0.2, 0.25) is 0 Å². The fourth-order valence-electron chi connectivity index (χ4n) is 1.42. The summed E-state index contributed by atoms with van der Waals surface area (Å²) in [5.41, 5.74) is 0.659. The van der Waals surface area contributed by atoms with Gasteiger partial charge in [0.25, 0.3) is 5.56 Å². The molecule has 0 aliphatic heterocycles. The molecule has 0 bridgehead atoms. The Balaban J connectivity index is 2.10. The first-order chi connectivity index (χ1) is 7.81. The average molecular weight is 239 g/mol. The third-order valence-electron chi connectivity index (χ3n) is 2.17. The van der Waals surface area contributed by atoms with Crippen molar-refractivity contribution in [3.63, 3.8) is 0 Å². The van der Waals surface area contributed by atoms with Gasteiger partial charge in [-0.1, -0.05) is 0 Å². The van der Waals surface area contributed by atoms with Crippen LogP contribution in [-0.2, 0) is 6.54 Å². The lowest BCUT2D eigenvalue weighted by molar-refractivity contribution is 0.286. The van der Waals surface area contributed by atoms with Crippen LogP contribution in [0.4, 0.5) is 0 Å². The number of H-pyrrole nitrogens is 1. The van der Waals surface area contributed by atoms with Crippen molar-refractivity contribution in [3.05, 3.63) is 27.6 Å². The summed E-state index contributed by atoms with van der Waals surface area (Å²) in [7, 11) is 0. The van der Waals surface area contributed by atoms with E-state index in [4.69, 9.17) is 5.11 Å². The second-order valence-corrected chi connectivity index (χ2v) is 4.32. The van der Waals surface area contributed by atoms with Gasteiger partial charge in [-0.2, -0.15) is 0 Å². The largest absolute Gasteiger partial charge is 0.396 e. The number of rotatable bonds is 5. The monoisotopic (exact) mass is 239 g/mol. The third kappa shape index (κ3) is 2.46. The van der Waals surface area contributed by atoms with Gasteiger partial charge in [-0.25, -0.2) is 4.98 Å². The summed E-state index contributed by atoms with van der Waals surface area (Å²) >= 11 is 1.39. The third-order valence-corrected chi connectivity index (χ3v) is 3.07. The molecule has 0 aliphatic rings. The van der Waals surface area contributed by atoms with Gasteiger partial charge in [0.05, 0.1) is 12.1 Å². The van der Waals surface area contributed by atoms with Crippen molar-refractivity contribution in [2.45, 2.75) is 13.0 Å². The van der Waals surface area contributed by atoms with Crippen molar-refractivity contribution in [1.29, 1.82) is 0 Å². The molecule has 0 unspecified atom stereocenters. The summed E-state index contributed by atoms with van der Waals surface area (Å²) in [6.07, 6.45) is 0.699. The minimum Gasteiger partial charge on any atom is -0.396 e. The van der Waals surface area contributed by atoms with E-state index in [-0.39, 0.29) is 12.2 Å². The number of aliphatic hydroxyl groups excluding tert-OH is 1. The number of hydrogen-bond donors (Lipinski definition) is 3. The summed E-state index contributed by atoms with van der Waals surface area (Å²) in [6, 6.07) is 1.84. The van der Waals surface area contributed by atoms with Crippen LogP contribution in [0.25, 0.3) is 10.2 Å². The average Bonchev–Trinajstić information content (AvgIpc) is 2.73. The molecule has 0 fully saturated rings. The Labute approximate surface area is 96.2 Å². The van der Waals surface area contributed by atoms with Gasteiger partial charge in [-0.15, -0.1) is 11.3 Å². The molecule has 0 atom stereocenters. The van der Waals surface area contributed by atoms with Crippen LogP contribution in [-0.4, -0.2) is 28.2 Å². The lowest BCUT2D eigenvalue weighted by Gasteiger charge is -2.02. The highest BCUT2D eigenvalue weighted by molar-refractivity contribution is 7.17. The van der Waals surface area contributed by atoms with E-state index in [1.807, 2.05) is 11.4 Å². The summed E-state index contributed by atoms with van der Waals surface area (Å²) < 4.78 is 0.666. The summed E-state index contributed by atoms with van der Waals surface area (Å²) in [4.78, 5) is 18.7. The molecule has 16 heavy (non-hydrogen) atoms. The number of nitrogens with zero attached hydrogens (tertiary/aromatic N) is 1. The van der Waals surface area contributed by atoms with Crippen LogP contribution in [0.3, 0.4) is 0 Å². The van der Waals surface area contributed by atoms with Crippen molar-refractivity contribution < 1.29 is 5.11 Å². The van der Waals surface area contributed by atoms with Gasteiger partial charge in [-0.05, 0) is 24.4 Å². The molecule has 2 rings (SSSR count). The Morgan fingerprint density at radius 1 is 1.56 bits per heavy atom. The molecule has 2 heterocycles. The molecular formula is C10H13N3O2S. The van der Waals surface area contributed by atoms with Crippen molar-refractivity contribution >= 4 is 21.6 Å².